The molecule has 0 saturated heterocycles. The van der Waals surface area contributed by atoms with Crippen LogP contribution in [-0.2, 0) is 11.8 Å². The Morgan fingerprint density at radius 2 is 2.13 bits per heavy atom. The highest BCUT2D eigenvalue weighted by Gasteiger charge is 2.09. The summed E-state index contributed by atoms with van der Waals surface area (Å²) in [6, 6.07) is 0. The molecule has 0 aliphatic carbocycles. The van der Waals surface area contributed by atoms with E-state index in [0.29, 0.717) is 6.61 Å². The van der Waals surface area contributed by atoms with Crippen LogP contribution in [0.2, 0.25) is 0 Å². The lowest BCUT2D eigenvalue weighted by atomic mass is 10.2. The van der Waals surface area contributed by atoms with Gasteiger partial charge in [0.05, 0.1) is 23.6 Å². The Morgan fingerprint density at radius 1 is 1.47 bits per heavy atom. The molecule has 86 valence electrons. The summed E-state index contributed by atoms with van der Waals surface area (Å²) in [6.45, 7) is 9.68. The third-order valence-electron chi connectivity index (χ3n) is 1.97. The molecule has 0 bridgehead atoms. The average molecular weight is 211 g/mol. The molecule has 4 nitrogen and oxygen atoms in total. The van der Waals surface area contributed by atoms with E-state index in [1.165, 1.54) is 0 Å². The van der Waals surface area contributed by atoms with Gasteiger partial charge in [-0.25, -0.2) is 0 Å². The van der Waals surface area contributed by atoms with Gasteiger partial charge in [0.2, 0.25) is 0 Å². The minimum Gasteiger partial charge on any atom is -0.380 e. The molecule has 0 amide bonds. The molecule has 1 aromatic heterocycles. The Morgan fingerprint density at radius 3 is 2.60 bits per heavy atom. The summed E-state index contributed by atoms with van der Waals surface area (Å²) in [5.41, 5.74) is 2.04. The summed E-state index contributed by atoms with van der Waals surface area (Å²) >= 11 is 0. The van der Waals surface area contributed by atoms with E-state index in [-0.39, 0.29) is 5.60 Å². The Labute approximate surface area is 91.6 Å². The van der Waals surface area contributed by atoms with Crippen LogP contribution >= 0.6 is 0 Å². The molecule has 0 radical (unpaired) electrons. The lowest BCUT2D eigenvalue weighted by Gasteiger charge is -2.19. The maximum atomic E-state index is 5.61. The summed E-state index contributed by atoms with van der Waals surface area (Å²) in [5.74, 6) is 0. The minimum absolute atomic E-state index is 0.0638. The van der Waals surface area contributed by atoms with E-state index >= 15 is 0 Å². The number of aromatic nitrogens is 2. The number of nitrogens with zero attached hydrogens (tertiary/aromatic N) is 2. The third kappa shape index (κ3) is 4.34. The van der Waals surface area contributed by atoms with Crippen molar-refractivity contribution in [1.82, 2.24) is 9.78 Å². The smallest absolute Gasteiger partial charge is 0.0824 e. The van der Waals surface area contributed by atoms with Gasteiger partial charge in [0.15, 0.2) is 0 Å². The summed E-state index contributed by atoms with van der Waals surface area (Å²) in [6.07, 6.45) is 1.98. The third-order valence-corrected chi connectivity index (χ3v) is 1.97. The van der Waals surface area contributed by atoms with Gasteiger partial charge in [-0.1, -0.05) is 0 Å². The summed E-state index contributed by atoms with van der Waals surface area (Å²) in [7, 11) is 1.92. The molecular formula is C11H21N3O. The second-order valence-electron chi connectivity index (χ2n) is 4.69. The Kier molecular flexibility index (Phi) is 3.74. The lowest BCUT2D eigenvalue weighted by Crippen LogP contribution is -2.23. The van der Waals surface area contributed by atoms with Crippen LogP contribution in [0.5, 0.6) is 0 Å². The van der Waals surface area contributed by atoms with Crippen molar-refractivity contribution in [3.8, 4) is 0 Å². The second kappa shape index (κ2) is 4.66. The van der Waals surface area contributed by atoms with Gasteiger partial charge in [-0.15, -0.1) is 0 Å². The molecule has 1 N–H and O–H groups in total. The summed E-state index contributed by atoms with van der Waals surface area (Å²) < 4.78 is 7.42. The fraction of sp³-hybridized carbons (Fsp3) is 0.727. The van der Waals surface area contributed by atoms with Gasteiger partial charge in [0, 0.05) is 19.8 Å². The van der Waals surface area contributed by atoms with Crippen LogP contribution in [0.25, 0.3) is 0 Å². The van der Waals surface area contributed by atoms with E-state index in [1.807, 2.05) is 24.9 Å². The largest absolute Gasteiger partial charge is 0.380 e. The average Bonchev–Trinajstić information content (AvgIpc) is 2.37. The van der Waals surface area contributed by atoms with Gasteiger partial charge >= 0.3 is 0 Å². The van der Waals surface area contributed by atoms with E-state index in [1.54, 1.807) is 0 Å². The van der Waals surface area contributed by atoms with Gasteiger partial charge in [-0.3, -0.25) is 4.68 Å². The molecule has 0 saturated carbocycles. The van der Waals surface area contributed by atoms with E-state index in [4.69, 9.17) is 4.74 Å². The van der Waals surface area contributed by atoms with Crippen molar-refractivity contribution in [3.63, 3.8) is 0 Å². The monoisotopic (exact) mass is 211 g/mol. The molecule has 1 heterocycles. The number of nitrogens with one attached hydrogen (secondary N) is 1. The number of hydrogen-bond donors (Lipinski definition) is 1. The summed E-state index contributed by atoms with van der Waals surface area (Å²) in [4.78, 5) is 0. The fourth-order valence-corrected chi connectivity index (χ4v) is 1.32. The first-order valence-corrected chi connectivity index (χ1v) is 5.26. The van der Waals surface area contributed by atoms with Crippen LogP contribution in [0.3, 0.4) is 0 Å². The maximum absolute atomic E-state index is 5.61. The molecule has 0 aromatic carbocycles. The molecule has 0 spiro atoms. The number of anilines is 1. The van der Waals surface area contributed by atoms with Crippen LogP contribution in [0, 0.1) is 6.92 Å². The van der Waals surface area contributed by atoms with Crippen LogP contribution < -0.4 is 5.32 Å². The Bertz CT molecular complexity index is 312. The van der Waals surface area contributed by atoms with E-state index in [2.05, 4.69) is 31.2 Å². The number of aryl methyl sites for hydroxylation is 2. The highest BCUT2D eigenvalue weighted by molar-refractivity contribution is 5.45. The van der Waals surface area contributed by atoms with Gasteiger partial charge in [-0.2, -0.15) is 5.10 Å². The highest BCUT2D eigenvalue weighted by Crippen LogP contribution is 2.11. The fourth-order valence-electron chi connectivity index (χ4n) is 1.32. The normalized spacial score (nSPS) is 11.8. The molecule has 1 rings (SSSR count). The highest BCUT2D eigenvalue weighted by atomic mass is 16.5. The zero-order valence-corrected chi connectivity index (χ0v) is 10.3. The topological polar surface area (TPSA) is 39.1 Å². The molecule has 0 unspecified atom stereocenters. The van der Waals surface area contributed by atoms with Crippen LogP contribution in [0.1, 0.15) is 26.5 Å². The van der Waals surface area contributed by atoms with Crippen molar-refractivity contribution in [1.29, 1.82) is 0 Å². The van der Waals surface area contributed by atoms with Crippen molar-refractivity contribution in [2.75, 3.05) is 18.5 Å². The number of ether oxygens (including phenoxy) is 1. The van der Waals surface area contributed by atoms with Crippen LogP contribution in [0.15, 0.2) is 6.20 Å². The molecule has 0 aliphatic rings. The van der Waals surface area contributed by atoms with Gasteiger partial charge in [0.1, 0.15) is 0 Å². The van der Waals surface area contributed by atoms with Gasteiger partial charge in [-0.05, 0) is 27.7 Å². The van der Waals surface area contributed by atoms with Crippen LogP contribution in [-0.4, -0.2) is 28.5 Å². The molecular weight excluding hydrogens is 190 g/mol. The van der Waals surface area contributed by atoms with Crippen molar-refractivity contribution >= 4 is 5.69 Å². The Hall–Kier alpha value is -1.03. The van der Waals surface area contributed by atoms with E-state index in [0.717, 1.165) is 17.9 Å². The Balaban J connectivity index is 2.29. The molecule has 0 atom stereocenters. The quantitative estimate of drug-likeness (QED) is 0.774. The zero-order valence-electron chi connectivity index (χ0n) is 10.3. The molecule has 0 aliphatic heterocycles. The van der Waals surface area contributed by atoms with Crippen molar-refractivity contribution < 1.29 is 4.74 Å². The molecule has 1 aromatic rings. The van der Waals surface area contributed by atoms with Crippen molar-refractivity contribution in [3.05, 3.63) is 11.9 Å². The number of hydrogen-bond acceptors (Lipinski definition) is 3. The molecule has 15 heavy (non-hydrogen) atoms. The number of rotatable bonds is 4. The van der Waals surface area contributed by atoms with Crippen LogP contribution in [0.4, 0.5) is 5.69 Å². The standard InChI is InChI=1S/C11H21N3O/c1-9-10(8-14(5)13-9)12-6-7-15-11(2,3)4/h8,12H,6-7H2,1-5H3. The lowest BCUT2D eigenvalue weighted by molar-refractivity contribution is 0.00333. The maximum Gasteiger partial charge on any atom is 0.0824 e. The first-order valence-electron chi connectivity index (χ1n) is 5.26. The van der Waals surface area contributed by atoms with E-state index < -0.39 is 0 Å². The first-order chi connectivity index (χ1) is 6.88. The molecule has 4 heteroatoms. The SMILES string of the molecule is Cc1nn(C)cc1NCCOC(C)(C)C. The van der Waals surface area contributed by atoms with Gasteiger partial charge in [0.25, 0.3) is 0 Å². The predicted octanol–water partition coefficient (Wildman–Crippen LogP) is 1.96. The van der Waals surface area contributed by atoms with Gasteiger partial charge < -0.3 is 10.1 Å². The predicted molar refractivity (Wildman–Crippen MR) is 62.1 cm³/mol. The minimum atomic E-state index is -0.0638. The summed E-state index contributed by atoms with van der Waals surface area (Å²) in [5, 5.41) is 7.55. The van der Waals surface area contributed by atoms with Crippen molar-refractivity contribution in [2.24, 2.45) is 7.05 Å². The second-order valence-corrected chi connectivity index (χ2v) is 4.69. The molecule has 0 fully saturated rings. The first kappa shape index (κ1) is 12.0. The van der Waals surface area contributed by atoms with E-state index in [9.17, 15) is 0 Å². The van der Waals surface area contributed by atoms with Crippen molar-refractivity contribution in [2.45, 2.75) is 33.3 Å². The zero-order chi connectivity index (χ0) is 11.5.